The summed E-state index contributed by atoms with van der Waals surface area (Å²) in [6.45, 7) is 4.10. The zero-order valence-electron chi connectivity index (χ0n) is 16.7. The number of allylic oxidation sites excluding steroid dienone is 1. The molecule has 27 heavy (non-hydrogen) atoms. The first-order valence-corrected chi connectivity index (χ1v) is 9.91. The zero-order valence-corrected chi connectivity index (χ0v) is 16.7. The van der Waals surface area contributed by atoms with Gasteiger partial charge in [-0.2, -0.15) is 0 Å². The summed E-state index contributed by atoms with van der Waals surface area (Å²) in [5.41, 5.74) is 7.61. The van der Waals surface area contributed by atoms with Crippen LogP contribution in [0.15, 0.2) is 35.9 Å². The van der Waals surface area contributed by atoms with E-state index in [1.54, 1.807) is 13.2 Å². The fourth-order valence-electron chi connectivity index (χ4n) is 5.24. The molecular weight excluding hydrogens is 340 g/mol. The van der Waals surface area contributed by atoms with E-state index in [-0.39, 0.29) is 5.60 Å². The number of aldehydes is 1. The van der Waals surface area contributed by atoms with Gasteiger partial charge in [0.1, 0.15) is 17.6 Å². The molecule has 3 aliphatic rings. The normalized spacial score (nSPS) is 33.3. The van der Waals surface area contributed by atoms with Gasteiger partial charge >= 0.3 is 0 Å². The quantitative estimate of drug-likeness (QED) is 0.650. The number of fused-ring (bicyclic) bond motifs is 3. The summed E-state index contributed by atoms with van der Waals surface area (Å²) < 4.78 is 10.9. The number of methoxy groups -OCH3 is 2. The van der Waals surface area contributed by atoms with Crippen LogP contribution in [0.5, 0.6) is 5.75 Å². The minimum Gasteiger partial charge on any atom is -0.497 e. The van der Waals surface area contributed by atoms with E-state index >= 15 is 0 Å². The second kappa shape index (κ2) is 8.55. The Morgan fingerprint density at radius 3 is 2.59 bits per heavy atom. The Kier molecular flexibility index (Phi) is 6.35. The second-order valence-electron chi connectivity index (χ2n) is 7.68. The van der Waals surface area contributed by atoms with Gasteiger partial charge in [0.2, 0.25) is 0 Å². The van der Waals surface area contributed by atoms with Crippen LogP contribution in [0.25, 0.3) is 0 Å². The first-order chi connectivity index (χ1) is 13.1. The van der Waals surface area contributed by atoms with Gasteiger partial charge in [0.15, 0.2) is 0 Å². The monoisotopic (exact) mass is 372 g/mol. The zero-order chi connectivity index (χ0) is 19.4. The standard InChI is InChI=1S/C14H21NO2.C8H11NO/c1-10-12-9-11(6-8-16)14(12,17-2)13-5-3-4-7-15(10)13;1-10-8-4-2-7(6-9)3-5-8/h6,8,10,12-13H,3-5,7,9H2,1-2H3;2-5H,6,9H2,1H3/b11-6-;/t10-,12-,13?,14?;/m0./s1. The lowest BCUT2D eigenvalue weighted by molar-refractivity contribution is -0.105. The molecule has 2 heterocycles. The molecule has 0 amide bonds. The molecule has 0 bridgehead atoms. The molecule has 148 valence electrons. The molecule has 0 radical (unpaired) electrons. The number of piperidine rings is 1. The van der Waals surface area contributed by atoms with Crippen LogP contribution < -0.4 is 10.5 Å². The molecule has 1 aromatic rings. The number of carbonyl (C=O) groups excluding carboxylic acids is 1. The molecule has 3 fully saturated rings. The average Bonchev–Trinajstić information content (AvgIpc) is 2.90. The molecule has 1 aliphatic carbocycles. The molecule has 0 spiro atoms. The van der Waals surface area contributed by atoms with Gasteiger partial charge in [0.25, 0.3) is 0 Å². The van der Waals surface area contributed by atoms with Crippen molar-refractivity contribution < 1.29 is 14.3 Å². The van der Waals surface area contributed by atoms with Crippen LogP contribution in [0.2, 0.25) is 0 Å². The van der Waals surface area contributed by atoms with E-state index in [2.05, 4.69) is 11.8 Å². The number of nitrogens with two attached hydrogens (primary N) is 1. The maximum Gasteiger partial charge on any atom is 0.142 e. The van der Waals surface area contributed by atoms with Gasteiger partial charge < -0.3 is 15.2 Å². The van der Waals surface area contributed by atoms with Gasteiger partial charge in [-0.15, -0.1) is 0 Å². The topological polar surface area (TPSA) is 64.8 Å². The largest absolute Gasteiger partial charge is 0.497 e. The van der Waals surface area contributed by atoms with Crippen LogP contribution in [-0.4, -0.2) is 49.6 Å². The molecule has 1 aromatic carbocycles. The van der Waals surface area contributed by atoms with Crippen molar-refractivity contribution in [3.8, 4) is 5.75 Å². The van der Waals surface area contributed by atoms with Crippen molar-refractivity contribution in [2.75, 3.05) is 20.8 Å². The van der Waals surface area contributed by atoms with Crippen molar-refractivity contribution >= 4 is 6.29 Å². The van der Waals surface area contributed by atoms with Crippen molar-refractivity contribution in [3.63, 3.8) is 0 Å². The first kappa shape index (κ1) is 20.1. The van der Waals surface area contributed by atoms with Crippen molar-refractivity contribution in [2.24, 2.45) is 11.7 Å². The summed E-state index contributed by atoms with van der Waals surface area (Å²) in [6.07, 6.45) is 7.51. The average molecular weight is 373 g/mol. The molecule has 1 saturated carbocycles. The van der Waals surface area contributed by atoms with Crippen molar-refractivity contribution in [1.82, 2.24) is 4.90 Å². The third-order valence-electron chi connectivity index (χ3n) is 6.64. The van der Waals surface area contributed by atoms with Crippen LogP contribution in [0.4, 0.5) is 0 Å². The minimum absolute atomic E-state index is 0.138. The maximum atomic E-state index is 10.8. The smallest absolute Gasteiger partial charge is 0.142 e. The number of ether oxygens (including phenoxy) is 2. The Hall–Kier alpha value is -1.69. The van der Waals surface area contributed by atoms with Crippen LogP contribution in [0.1, 0.15) is 38.2 Å². The molecular formula is C22H32N2O3. The third-order valence-corrected chi connectivity index (χ3v) is 6.64. The molecule has 2 saturated heterocycles. The third kappa shape index (κ3) is 3.44. The number of rotatable bonds is 4. The van der Waals surface area contributed by atoms with E-state index in [0.717, 1.165) is 24.0 Å². The maximum absolute atomic E-state index is 10.8. The number of hydrogen-bond acceptors (Lipinski definition) is 5. The Morgan fingerprint density at radius 2 is 2.00 bits per heavy atom. The van der Waals surface area contributed by atoms with Crippen LogP contribution >= 0.6 is 0 Å². The van der Waals surface area contributed by atoms with Gasteiger partial charge in [0, 0.05) is 31.7 Å². The summed E-state index contributed by atoms with van der Waals surface area (Å²) in [5, 5.41) is 0. The van der Waals surface area contributed by atoms with Crippen molar-refractivity contribution in [3.05, 3.63) is 41.5 Å². The highest BCUT2D eigenvalue weighted by atomic mass is 16.5. The number of nitrogens with zero attached hydrogens (tertiary/aromatic N) is 1. The van der Waals surface area contributed by atoms with Gasteiger partial charge in [-0.3, -0.25) is 9.69 Å². The van der Waals surface area contributed by atoms with E-state index in [1.807, 2.05) is 31.4 Å². The summed E-state index contributed by atoms with van der Waals surface area (Å²) in [4.78, 5) is 13.4. The fourth-order valence-corrected chi connectivity index (χ4v) is 5.24. The van der Waals surface area contributed by atoms with Gasteiger partial charge in [-0.25, -0.2) is 0 Å². The summed E-state index contributed by atoms with van der Waals surface area (Å²) in [7, 11) is 3.47. The predicted molar refractivity (Wildman–Crippen MR) is 107 cm³/mol. The molecule has 2 N–H and O–H groups in total. The molecule has 0 aromatic heterocycles. The summed E-state index contributed by atoms with van der Waals surface area (Å²) >= 11 is 0. The van der Waals surface area contributed by atoms with E-state index in [9.17, 15) is 4.79 Å². The molecule has 2 unspecified atom stereocenters. The van der Waals surface area contributed by atoms with E-state index in [0.29, 0.717) is 24.5 Å². The molecule has 2 aliphatic heterocycles. The number of benzene rings is 1. The lowest BCUT2D eigenvalue weighted by Gasteiger charge is -2.50. The van der Waals surface area contributed by atoms with Gasteiger partial charge in [-0.1, -0.05) is 18.6 Å². The molecule has 4 atom stereocenters. The lowest BCUT2D eigenvalue weighted by Crippen LogP contribution is -2.57. The number of hydrogen-bond donors (Lipinski definition) is 1. The summed E-state index contributed by atoms with van der Waals surface area (Å²) in [6, 6.07) is 8.83. The highest BCUT2D eigenvalue weighted by Gasteiger charge is 2.66. The van der Waals surface area contributed by atoms with E-state index in [1.165, 1.54) is 31.4 Å². The van der Waals surface area contributed by atoms with Gasteiger partial charge in [0.05, 0.1) is 7.11 Å². The van der Waals surface area contributed by atoms with Crippen LogP contribution in [0, 0.1) is 5.92 Å². The summed E-state index contributed by atoms with van der Waals surface area (Å²) in [5.74, 6) is 1.46. The Bertz CT molecular complexity index is 650. The molecule has 4 rings (SSSR count). The Morgan fingerprint density at radius 1 is 1.26 bits per heavy atom. The van der Waals surface area contributed by atoms with E-state index < -0.39 is 0 Å². The predicted octanol–water partition coefficient (Wildman–Crippen LogP) is 2.93. The van der Waals surface area contributed by atoms with Crippen molar-refractivity contribution in [1.29, 1.82) is 0 Å². The minimum atomic E-state index is -0.138. The number of carbonyl (C=O) groups is 1. The Balaban J connectivity index is 0.000000180. The highest BCUT2D eigenvalue weighted by molar-refractivity contribution is 5.68. The fraction of sp³-hybridized carbons (Fsp3) is 0.591. The lowest BCUT2D eigenvalue weighted by atomic mass is 9.61. The van der Waals surface area contributed by atoms with Crippen molar-refractivity contribution in [2.45, 2.75) is 56.8 Å². The molecule has 5 nitrogen and oxygen atoms in total. The first-order valence-electron chi connectivity index (χ1n) is 9.91. The highest BCUT2D eigenvalue weighted by Crippen LogP contribution is 2.59. The Labute approximate surface area is 162 Å². The van der Waals surface area contributed by atoms with Crippen LogP contribution in [0.3, 0.4) is 0 Å². The SMILES string of the molecule is COC12/C(=C\C=O)C[C@H]1[C@H](C)N1CCCCC12.COc1ccc(CN)cc1. The van der Waals surface area contributed by atoms with Crippen LogP contribution in [-0.2, 0) is 16.1 Å². The second-order valence-corrected chi connectivity index (χ2v) is 7.68. The van der Waals surface area contributed by atoms with Gasteiger partial charge in [-0.05, 0) is 62.1 Å². The molecule has 5 heteroatoms. The van der Waals surface area contributed by atoms with E-state index in [4.69, 9.17) is 15.2 Å².